The van der Waals surface area contributed by atoms with Gasteiger partial charge in [-0.15, -0.1) is 5.10 Å². The van der Waals surface area contributed by atoms with Gasteiger partial charge in [0.25, 0.3) is 0 Å². The molecule has 1 aliphatic rings. The first-order valence-electron chi connectivity index (χ1n) is 6.76. The van der Waals surface area contributed by atoms with E-state index in [1.807, 2.05) is 13.8 Å². The third-order valence-corrected chi connectivity index (χ3v) is 3.78. The van der Waals surface area contributed by atoms with E-state index in [-0.39, 0.29) is 11.9 Å². The maximum absolute atomic E-state index is 12.5. The number of ether oxygens (including phenoxy) is 1. The predicted molar refractivity (Wildman–Crippen MR) is 74.3 cm³/mol. The number of carbonyl (C=O) groups excluding carboxylic acids is 1. The van der Waals surface area contributed by atoms with Crippen molar-refractivity contribution in [3.05, 3.63) is 11.4 Å². The molecule has 110 valence electrons. The van der Waals surface area contributed by atoms with E-state index in [1.54, 1.807) is 7.11 Å². The van der Waals surface area contributed by atoms with Gasteiger partial charge >= 0.3 is 0 Å². The van der Waals surface area contributed by atoms with Gasteiger partial charge in [-0.3, -0.25) is 10.1 Å². The van der Waals surface area contributed by atoms with Crippen LogP contribution in [0.3, 0.4) is 0 Å². The zero-order valence-corrected chi connectivity index (χ0v) is 12.2. The molecule has 0 radical (unpaired) electrons. The lowest BCUT2D eigenvalue weighted by molar-refractivity contribution is -0.130. The topological polar surface area (TPSA) is 89.0 Å². The lowest BCUT2D eigenvalue weighted by atomic mass is 9.79. The molecule has 7 heteroatoms. The number of nitrogens with zero attached hydrogens (tertiary/aromatic N) is 3. The Morgan fingerprint density at radius 1 is 1.30 bits per heavy atom. The molecule has 20 heavy (non-hydrogen) atoms. The average Bonchev–Trinajstić information content (AvgIpc) is 2.44. The van der Waals surface area contributed by atoms with Gasteiger partial charge in [0.2, 0.25) is 11.9 Å². The molecule has 0 saturated carbocycles. The Balaban J connectivity index is 2.13. The summed E-state index contributed by atoms with van der Waals surface area (Å²) < 4.78 is 5.24. The summed E-state index contributed by atoms with van der Waals surface area (Å²) in [6, 6.07) is 0. The van der Waals surface area contributed by atoms with E-state index in [9.17, 15) is 4.79 Å². The molecule has 1 aliphatic heterocycles. The van der Waals surface area contributed by atoms with Crippen molar-refractivity contribution in [1.29, 1.82) is 0 Å². The van der Waals surface area contributed by atoms with Crippen LogP contribution in [0.15, 0.2) is 0 Å². The van der Waals surface area contributed by atoms with Crippen molar-refractivity contribution >= 4 is 11.9 Å². The van der Waals surface area contributed by atoms with Gasteiger partial charge in [-0.05, 0) is 39.8 Å². The molecule has 0 spiro atoms. The van der Waals surface area contributed by atoms with Crippen molar-refractivity contribution in [3.63, 3.8) is 0 Å². The fourth-order valence-electron chi connectivity index (χ4n) is 2.36. The molecule has 2 N–H and O–H groups in total. The molecule has 1 amide bonds. The maximum atomic E-state index is 12.5. The van der Waals surface area contributed by atoms with E-state index < -0.39 is 5.41 Å². The lowest BCUT2D eigenvalue weighted by Gasteiger charge is -2.35. The van der Waals surface area contributed by atoms with Crippen LogP contribution in [0.25, 0.3) is 0 Å². The van der Waals surface area contributed by atoms with Crippen LogP contribution in [0.5, 0.6) is 0 Å². The van der Waals surface area contributed by atoms with Crippen LogP contribution in [0.2, 0.25) is 0 Å². The summed E-state index contributed by atoms with van der Waals surface area (Å²) in [7, 11) is 1.62. The van der Waals surface area contributed by atoms with E-state index >= 15 is 0 Å². The monoisotopic (exact) mass is 279 g/mol. The minimum Gasteiger partial charge on any atom is -0.384 e. The van der Waals surface area contributed by atoms with Crippen molar-refractivity contribution in [2.45, 2.75) is 26.7 Å². The molecule has 0 unspecified atom stereocenters. The van der Waals surface area contributed by atoms with Crippen LogP contribution >= 0.6 is 0 Å². The Morgan fingerprint density at radius 3 is 2.60 bits per heavy atom. The largest absolute Gasteiger partial charge is 0.384 e. The number of carbonyl (C=O) groups is 1. The molecule has 7 nitrogen and oxygen atoms in total. The van der Waals surface area contributed by atoms with E-state index in [2.05, 4.69) is 25.8 Å². The second-order valence-electron chi connectivity index (χ2n) is 5.22. The van der Waals surface area contributed by atoms with Crippen LogP contribution in [0.1, 0.15) is 24.2 Å². The van der Waals surface area contributed by atoms with E-state index in [1.165, 1.54) is 0 Å². The van der Waals surface area contributed by atoms with Crippen molar-refractivity contribution in [3.8, 4) is 0 Å². The van der Waals surface area contributed by atoms with Crippen molar-refractivity contribution in [1.82, 2.24) is 20.5 Å². The van der Waals surface area contributed by atoms with Gasteiger partial charge in [-0.2, -0.15) is 5.10 Å². The fraction of sp³-hybridized carbons (Fsp3) is 0.692. The molecule has 0 bridgehead atoms. The summed E-state index contributed by atoms with van der Waals surface area (Å²) in [6.07, 6.45) is 1.48. The summed E-state index contributed by atoms with van der Waals surface area (Å²) in [5.41, 5.74) is 1.01. The summed E-state index contributed by atoms with van der Waals surface area (Å²) in [6.45, 7) is 5.69. The average molecular weight is 279 g/mol. The Hall–Kier alpha value is -1.60. The molecule has 2 rings (SSSR count). The van der Waals surface area contributed by atoms with Crippen molar-refractivity contribution < 1.29 is 9.53 Å². The number of hydrogen-bond acceptors (Lipinski definition) is 6. The number of aryl methyl sites for hydroxylation is 2. The van der Waals surface area contributed by atoms with Crippen molar-refractivity contribution in [2.75, 3.05) is 32.1 Å². The molecule has 1 aromatic heterocycles. The highest BCUT2D eigenvalue weighted by atomic mass is 16.5. The highest BCUT2D eigenvalue weighted by molar-refractivity contribution is 5.94. The first-order chi connectivity index (χ1) is 9.57. The Kier molecular flexibility index (Phi) is 4.61. The van der Waals surface area contributed by atoms with E-state index in [4.69, 9.17) is 4.74 Å². The summed E-state index contributed by atoms with van der Waals surface area (Å²) >= 11 is 0. The first-order valence-corrected chi connectivity index (χ1v) is 6.76. The zero-order valence-electron chi connectivity index (χ0n) is 12.2. The number of nitrogens with one attached hydrogen (secondary N) is 2. The summed E-state index contributed by atoms with van der Waals surface area (Å²) in [5, 5.41) is 13.9. The number of amides is 1. The molecule has 0 atom stereocenters. The number of hydrogen-bond donors (Lipinski definition) is 2. The molecule has 1 fully saturated rings. The van der Waals surface area contributed by atoms with Crippen LogP contribution in [0, 0.1) is 19.3 Å². The fourth-order valence-corrected chi connectivity index (χ4v) is 2.36. The second kappa shape index (κ2) is 6.23. The Labute approximate surface area is 118 Å². The standard InChI is InChI=1S/C13H21N5O2/c1-9-10(2)17-18-12(15-9)16-11(19)13(8-20-3)4-6-14-7-5-13/h14H,4-8H2,1-3H3,(H,15,16,18,19). The normalized spacial score (nSPS) is 17.8. The van der Waals surface area contributed by atoms with Gasteiger partial charge in [0.15, 0.2) is 0 Å². The summed E-state index contributed by atoms with van der Waals surface area (Å²) in [4.78, 5) is 16.8. The summed E-state index contributed by atoms with van der Waals surface area (Å²) in [5.74, 6) is 0.165. The number of rotatable bonds is 4. The third-order valence-electron chi connectivity index (χ3n) is 3.78. The molecular formula is C13H21N5O2. The van der Waals surface area contributed by atoms with Gasteiger partial charge < -0.3 is 10.1 Å². The number of piperidine rings is 1. The van der Waals surface area contributed by atoms with E-state index in [0.717, 1.165) is 37.3 Å². The first kappa shape index (κ1) is 14.8. The van der Waals surface area contributed by atoms with Gasteiger partial charge in [0, 0.05) is 7.11 Å². The van der Waals surface area contributed by atoms with Crippen LogP contribution in [-0.2, 0) is 9.53 Å². The number of aromatic nitrogens is 3. The molecule has 1 aromatic rings. The molecule has 0 aromatic carbocycles. The zero-order chi connectivity index (χ0) is 14.6. The quantitative estimate of drug-likeness (QED) is 0.831. The molecule has 0 aliphatic carbocycles. The minimum atomic E-state index is -0.512. The van der Waals surface area contributed by atoms with Gasteiger partial charge in [-0.1, -0.05) is 0 Å². The Morgan fingerprint density at radius 2 is 2.00 bits per heavy atom. The van der Waals surface area contributed by atoms with Crippen LogP contribution in [0.4, 0.5) is 5.95 Å². The number of anilines is 1. The van der Waals surface area contributed by atoms with Crippen LogP contribution < -0.4 is 10.6 Å². The maximum Gasteiger partial charge on any atom is 0.249 e. The highest BCUT2D eigenvalue weighted by Crippen LogP contribution is 2.30. The highest BCUT2D eigenvalue weighted by Gasteiger charge is 2.40. The SMILES string of the molecule is COCC1(C(=O)Nc2nnc(C)c(C)n2)CCNCC1. The molecule has 1 saturated heterocycles. The van der Waals surface area contributed by atoms with Gasteiger partial charge in [-0.25, -0.2) is 4.98 Å². The van der Waals surface area contributed by atoms with Gasteiger partial charge in [0.05, 0.1) is 23.4 Å². The predicted octanol–water partition coefficient (Wildman–Crippen LogP) is 0.443. The third kappa shape index (κ3) is 3.10. The molecular weight excluding hydrogens is 258 g/mol. The molecule has 2 heterocycles. The van der Waals surface area contributed by atoms with E-state index in [0.29, 0.717) is 6.61 Å². The van der Waals surface area contributed by atoms with Crippen LogP contribution in [-0.4, -0.2) is 47.9 Å². The number of methoxy groups -OCH3 is 1. The smallest absolute Gasteiger partial charge is 0.249 e. The lowest BCUT2D eigenvalue weighted by Crippen LogP contribution is -2.47. The second-order valence-corrected chi connectivity index (χ2v) is 5.22. The minimum absolute atomic E-state index is 0.0918. The van der Waals surface area contributed by atoms with Gasteiger partial charge in [0.1, 0.15) is 0 Å². The van der Waals surface area contributed by atoms with Crippen molar-refractivity contribution in [2.24, 2.45) is 5.41 Å². The Bertz CT molecular complexity index is 480.